The lowest BCUT2D eigenvalue weighted by Crippen LogP contribution is -1.93. The van der Waals surface area contributed by atoms with Crippen molar-refractivity contribution < 1.29 is 0 Å². The third-order valence-electron chi connectivity index (χ3n) is 4.78. The second-order valence-corrected chi connectivity index (χ2v) is 6.79. The highest BCUT2D eigenvalue weighted by molar-refractivity contribution is 5.79. The lowest BCUT2D eigenvalue weighted by molar-refractivity contribution is 1.04. The molecule has 0 aliphatic heterocycles. The van der Waals surface area contributed by atoms with Gasteiger partial charge in [-0.15, -0.1) is 0 Å². The van der Waals surface area contributed by atoms with E-state index < -0.39 is 0 Å². The van der Waals surface area contributed by atoms with Gasteiger partial charge >= 0.3 is 0 Å². The minimum Gasteiger partial charge on any atom is -0.253 e. The standard InChI is InChI=1S/C25H23N/c1-19-17-24(18-25(26-19)23-11-5-2-3-6-12-23)22-15-13-21(14-16-22)20-9-7-4-8-10-20/h2,5-7,9-18H,3-4,8H2,1H3. The van der Waals surface area contributed by atoms with Crippen molar-refractivity contribution in [2.45, 2.75) is 26.2 Å². The predicted molar refractivity (Wildman–Crippen MR) is 112 cm³/mol. The zero-order chi connectivity index (χ0) is 17.8. The van der Waals surface area contributed by atoms with Crippen LogP contribution in [-0.4, -0.2) is 4.98 Å². The molecule has 128 valence electrons. The van der Waals surface area contributed by atoms with Crippen LogP contribution in [0.1, 0.15) is 36.2 Å². The van der Waals surface area contributed by atoms with Crippen molar-refractivity contribution in [1.29, 1.82) is 0 Å². The molecule has 0 unspecified atom stereocenters. The molecular formula is C25H23N. The topological polar surface area (TPSA) is 12.9 Å². The maximum atomic E-state index is 4.74. The van der Waals surface area contributed by atoms with E-state index in [1.165, 1.54) is 22.3 Å². The largest absolute Gasteiger partial charge is 0.253 e. The summed E-state index contributed by atoms with van der Waals surface area (Å²) in [6.45, 7) is 2.07. The fourth-order valence-electron chi connectivity index (χ4n) is 3.42. The van der Waals surface area contributed by atoms with Crippen molar-refractivity contribution in [3.05, 3.63) is 102 Å². The van der Waals surface area contributed by atoms with Crippen LogP contribution < -0.4 is 0 Å². The van der Waals surface area contributed by atoms with Gasteiger partial charge in [0.1, 0.15) is 0 Å². The van der Waals surface area contributed by atoms with Crippen molar-refractivity contribution in [2.75, 3.05) is 0 Å². The number of aromatic nitrogens is 1. The van der Waals surface area contributed by atoms with E-state index in [1.807, 2.05) is 0 Å². The Morgan fingerprint density at radius 1 is 0.769 bits per heavy atom. The highest BCUT2D eigenvalue weighted by atomic mass is 14.7. The highest BCUT2D eigenvalue weighted by Gasteiger charge is 2.07. The van der Waals surface area contributed by atoms with Gasteiger partial charge in [-0.05, 0) is 66.2 Å². The molecule has 0 fully saturated rings. The summed E-state index contributed by atoms with van der Waals surface area (Å²) in [7, 11) is 0. The van der Waals surface area contributed by atoms with Crippen LogP contribution in [0.25, 0.3) is 22.3 Å². The molecule has 0 amide bonds. The number of hydrogen-bond donors (Lipinski definition) is 0. The van der Waals surface area contributed by atoms with E-state index in [1.54, 1.807) is 0 Å². The average Bonchev–Trinajstić information content (AvgIpc) is 2.98. The van der Waals surface area contributed by atoms with Crippen LogP contribution in [0, 0.1) is 6.92 Å². The number of aryl methyl sites for hydroxylation is 1. The fraction of sp³-hybridized carbons (Fsp3) is 0.160. The Bertz CT molecular complexity index is 950. The van der Waals surface area contributed by atoms with E-state index in [4.69, 9.17) is 4.98 Å². The highest BCUT2D eigenvalue weighted by Crippen LogP contribution is 2.28. The monoisotopic (exact) mass is 337 g/mol. The lowest BCUT2D eigenvalue weighted by atomic mass is 9.96. The zero-order valence-electron chi connectivity index (χ0n) is 15.2. The van der Waals surface area contributed by atoms with Gasteiger partial charge in [0.15, 0.2) is 0 Å². The maximum Gasteiger partial charge on any atom is 0.0711 e. The summed E-state index contributed by atoms with van der Waals surface area (Å²) in [5, 5.41) is 0. The van der Waals surface area contributed by atoms with E-state index in [0.717, 1.165) is 36.2 Å². The smallest absolute Gasteiger partial charge is 0.0711 e. The Hall–Kier alpha value is -2.93. The van der Waals surface area contributed by atoms with Crippen molar-refractivity contribution >= 4 is 11.1 Å². The number of nitrogens with zero attached hydrogens (tertiary/aromatic N) is 1. The first-order chi connectivity index (χ1) is 12.8. The first-order valence-electron chi connectivity index (χ1n) is 9.29. The Kier molecular flexibility index (Phi) is 4.79. The van der Waals surface area contributed by atoms with Crippen LogP contribution in [0.4, 0.5) is 0 Å². The molecule has 1 aromatic heterocycles. The van der Waals surface area contributed by atoms with Crippen LogP contribution in [0.3, 0.4) is 0 Å². The molecule has 26 heavy (non-hydrogen) atoms. The zero-order valence-corrected chi connectivity index (χ0v) is 15.2. The molecule has 0 atom stereocenters. The third kappa shape index (κ3) is 3.67. The summed E-state index contributed by atoms with van der Waals surface area (Å²) in [6, 6.07) is 13.2. The Morgan fingerprint density at radius 3 is 2.38 bits per heavy atom. The van der Waals surface area contributed by atoms with Gasteiger partial charge in [0, 0.05) is 5.69 Å². The van der Waals surface area contributed by atoms with E-state index in [-0.39, 0.29) is 0 Å². The second-order valence-electron chi connectivity index (χ2n) is 6.79. The number of allylic oxidation sites excluding steroid dienone is 10. The number of pyridine rings is 1. The average molecular weight is 337 g/mol. The molecule has 0 bridgehead atoms. The Balaban J connectivity index is 1.67. The molecule has 0 saturated heterocycles. The van der Waals surface area contributed by atoms with Crippen molar-refractivity contribution in [2.24, 2.45) is 0 Å². The quantitative estimate of drug-likeness (QED) is 0.608. The first-order valence-corrected chi connectivity index (χ1v) is 9.29. The normalized spacial score (nSPS) is 16.2. The number of hydrogen-bond acceptors (Lipinski definition) is 1. The van der Waals surface area contributed by atoms with Crippen LogP contribution in [0.2, 0.25) is 0 Å². The molecule has 1 heterocycles. The van der Waals surface area contributed by atoms with Gasteiger partial charge in [0.05, 0.1) is 5.69 Å². The molecular weight excluding hydrogens is 314 g/mol. The predicted octanol–water partition coefficient (Wildman–Crippen LogP) is 6.69. The molecule has 4 rings (SSSR count). The van der Waals surface area contributed by atoms with Crippen LogP contribution in [0.15, 0.2) is 85.0 Å². The van der Waals surface area contributed by atoms with Crippen molar-refractivity contribution in [3.8, 4) is 11.1 Å². The van der Waals surface area contributed by atoms with Gasteiger partial charge < -0.3 is 0 Å². The molecule has 1 nitrogen and oxygen atoms in total. The molecule has 2 aliphatic rings. The van der Waals surface area contributed by atoms with E-state index in [0.29, 0.717) is 0 Å². The summed E-state index contributed by atoms with van der Waals surface area (Å²) in [5.74, 6) is 0. The van der Waals surface area contributed by atoms with Gasteiger partial charge in [0.2, 0.25) is 0 Å². The maximum absolute atomic E-state index is 4.74. The van der Waals surface area contributed by atoms with Crippen molar-refractivity contribution in [1.82, 2.24) is 4.98 Å². The minimum absolute atomic E-state index is 0.977. The van der Waals surface area contributed by atoms with E-state index >= 15 is 0 Å². The number of benzene rings is 1. The van der Waals surface area contributed by atoms with Gasteiger partial charge in [-0.1, -0.05) is 72.9 Å². The lowest BCUT2D eigenvalue weighted by Gasteiger charge is -2.10. The minimum atomic E-state index is 0.977. The summed E-state index contributed by atoms with van der Waals surface area (Å²) in [5.41, 5.74) is 8.30. The Labute approximate surface area is 155 Å². The third-order valence-corrected chi connectivity index (χ3v) is 4.78. The van der Waals surface area contributed by atoms with Gasteiger partial charge in [-0.3, -0.25) is 4.98 Å². The molecule has 0 saturated carbocycles. The number of rotatable bonds is 3. The molecule has 0 spiro atoms. The molecule has 0 radical (unpaired) electrons. The van der Waals surface area contributed by atoms with E-state index in [9.17, 15) is 0 Å². The molecule has 2 aliphatic carbocycles. The van der Waals surface area contributed by atoms with E-state index in [2.05, 4.69) is 91.9 Å². The van der Waals surface area contributed by atoms with Crippen LogP contribution in [0.5, 0.6) is 0 Å². The van der Waals surface area contributed by atoms with Crippen LogP contribution >= 0.6 is 0 Å². The van der Waals surface area contributed by atoms with Crippen molar-refractivity contribution in [3.63, 3.8) is 0 Å². The second kappa shape index (κ2) is 7.53. The molecule has 1 heteroatoms. The van der Waals surface area contributed by atoms with Gasteiger partial charge in [0.25, 0.3) is 0 Å². The summed E-state index contributed by atoms with van der Waals surface area (Å²) >= 11 is 0. The summed E-state index contributed by atoms with van der Waals surface area (Å²) in [6.07, 6.45) is 20.8. The molecule has 1 aromatic carbocycles. The summed E-state index contributed by atoms with van der Waals surface area (Å²) in [4.78, 5) is 4.74. The van der Waals surface area contributed by atoms with Gasteiger partial charge in [-0.2, -0.15) is 0 Å². The first kappa shape index (κ1) is 16.5. The fourth-order valence-corrected chi connectivity index (χ4v) is 3.42. The van der Waals surface area contributed by atoms with Crippen LogP contribution in [-0.2, 0) is 0 Å². The SMILES string of the molecule is Cc1cc(-c2ccc(C3=CCCC=C3)cc2)cc(C2=CC=CCC=C2)n1. The summed E-state index contributed by atoms with van der Waals surface area (Å²) < 4.78 is 0. The molecule has 0 N–H and O–H groups in total. The molecule has 2 aromatic rings. The van der Waals surface area contributed by atoms with Gasteiger partial charge in [-0.25, -0.2) is 0 Å². The Morgan fingerprint density at radius 2 is 1.58 bits per heavy atom.